The highest BCUT2D eigenvalue weighted by Crippen LogP contribution is 2.42. The van der Waals surface area contributed by atoms with E-state index in [0.29, 0.717) is 80.7 Å². The minimum Gasteiger partial charge on any atom is -0.361 e. The van der Waals surface area contributed by atoms with E-state index in [2.05, 4.69) is 71.3 Å². The van der Waals surface area contributed by atoms with Crippen molar-refractivity contribution in [3.63, 3.8) is 0 Å². The van der Waals surface area contributed by atoms with Crippen LogP contribution < -0.4 is 21.6 Å². The molecule has 20 nitrogen and oxygen atoms in total. The van der Waals surface area contributed by atoms with Crippen LogP contribution >= 0.6 is 0 Å². The van der Waals surface area contributed by atoms with Gasteiger partial charge in [-0.3, -0.25) is 8.47 Å². The summed E-state index contributed by atoms with van der Waals surface area (Å²) in [5.74, 6) is 2.01. The molecule has 4 aliphatic heterocycles. The number of fused-ring (bicyclic) bond motifs is 14. The minimum absolute atomic E-state index is 0.0768. The van der Waals surface area contributed by atoms with Gasteiger partial charge in [-0.15, -0.1) is 0 Å². The molecule has 0 unspecified atom stereocenters. The van der Waals surface area contributed by atoms with E-state index in [0.717, 1.165) is 64.5 Å². The molecule has 2 aromatic carbocycles. The molecule has 0 amide bonds. The van der Waals surface area contributed by atoms with E-state index < -0.39 is 8.88 Å². The van der Waals surface area contributed by atoms with Gasteiger partial charge in [-0.2, -0.15) is 0 Å². The molecule has 2 aliphatic carbocycles. The number of hydrogen-bond donors (Lipinski definition) is 2. The zero-order valence-electron chi connectivity index (χ0n) is 39.7. The van der Waals surface area contributed by atoms with Gasteiger partial charge in [-0.1, -0.05) is 86.3 Å². The number of aromatic nitrogens is 10. The third-order valence-corrected chi connectivity index (χ3v) is 17.8. The zero-order valence-corrected chi connectivity index (χ0v) is 40.7. The molecule has 4 atom stereocenters. The predicted molar refractivity (Wildman–Crippen MR) is 273 cm³/mol. The van der Waals surface area contributed by atoms with Crippen molar-refractivity contribution in [2.75, 3.05) is 13.2 Å². The van der Waals surface area contributed by atoms with Crippen LogP contribution in [0.3, 0.4) is 0 Å². The summed E-state index contributed by atoms with van der Waals surface area (Å²) in [7, 11) is -4.59. The maximum Gasteiger partial charge on any atom is 0.603 e. The van der Waals surface area contributed by atoms with Crippen LogP contribution in [0.1, 0.15) is 85.3 Å². The highest BCUT2D eigenvalue weighted by molar-refractivity contribution is 6.66. The minimum atomic E-state index is -4.59. The molecule has 6 aliphatic rings. The average molecular weight is 985 g/mol. The topological polar surface area (TPSA) is 230 Å². The van der Waals surface area contributed by atoms with E-state index in [4.69, 9.17) is 78.7 Å². The molecule has 6 aromatic heterocycles. The van der Waals surface area contributed by atoms with E-state index in [-0.39, 0.29) is 47.3 Å². The second-order valence-electron chi connectivity index (χ2n) is 19.2. The van der Waals surface area contributed by atoms with Gasteiger partial charge < -0.3 is 19.5 Å². The van der Waals surface area contributed by atoms with Crippen LogP contribution in [0.5, 0.6) is 0 Å². The largest absolute Gasteiger partial charge is 0.603 e. The number of hydrogen-bond acceptors (Lipinski definition) is 18. The fourth-order valence-electron chi connectivity index (χ4n) is 11.2. The van der Waals surface area contributed by atoms with E-state index in [1.807, 2.05) is 8.47 Å². The molecule has 2 fully saturated rings. The third-order valence-electron chi connectivity index (χ3n) is 14.8. The van der Waals surface area contributed by atoms with Crippen molar-refractivity contribution in [1.29, 1.82) is 0 Å². The summed E-state index contributed by atoms with van der Waals surface area (Å²) >= 11 is 0. The molecule has 6 bridgehead atoms. The summed E-state index contributed by atoms with van der Waals surface area (Å²) in [4.78, 5) is 71.2. The van der Waals surface area contributed by atoms with Crippen LogP contribution in [-0.2, 0) is 21.9 Å². The fraction of sp³-hybridized carbons (Fsp3) is 0.308. The van der Waals surface area contributed by atoms with Crippen molar-refractivity contribution in [2.24, 2.45) is 41.8 Å². The first-order valence-electron chi connectivity index (χ1n) is 25.1. The van der Waals surface area contributed by atoms with Gasteiger partial charge >= 0.3 is 8.88 Å². The van der Waals surface area contributed by atoms with Gasteiger partial charge in [0, 0.05) is 88.0 Å². The second kappa shape index (κ2) is 18.3. The second-order valence-corrected chi connectivity index (χ2v) is 21.7. The number of nitrogens with zero attached hydrogens (tertiary/aromatic N) is 16. The first kappa shape index (κ1) is 43.9. The van der Waals surface area contributed by atoms with Crippen LogP contribution in [0.15, 0.2) is 140 Å². The lowest BCUT2D eigenvalue weighted by Crippen LogP contribution is -2.65. The number of nitrogens with one attached hydrogen (secondary N) is 2. The Morgan fingerprint density at radius 2 is 0.808 bits per heavy atom. The molecule has 362 valence electrons. The van der Waals surface area contributed by atoms with Gasteiger partial charge in [-0.25, -0.2) is 69.8 Å². The molecular formula is C52H48N18O2Si. The number of aliphatic imine (C=N–C) groups is 4. The average Bonchev–Trinajstić information content (AvgIpc) is 4.17. The van der Waals surface area contributed by atoms with Crippen molar-refractivity contribution < 1.29 is 8.85 Å². The highest BCUT2D eigenvalue weighted by Gasteiger charge is 2.55. The first-order chi connectivity index (χ1) is 36.2. The standard InChI is InChI=1S/C52H48N18O2Si/c1-3-11-31(12-4-1)27-61-35-17-9-7-15-33(35)29-71-73(72-30-34-16-8-10-18-36(34)62-28-32-13-5-2-6-14-32)69-49-41-42(58-24-23-57-41)51(69)67-47-39-40(56-22-21-55-39)48(64-47)68-52-44-43(59-25-26-60-44)50(70(52)73)66-46-38-37(45(63-46)65-49)53-19-20-54-38/h1-6,11-14,19-26,33-36,61-62H,7-10,15-18,27-30H2/t33-,34-,35-,36-/m1/s1. The van der Waals surface area contributed by atoms with Crippen LogP contribution in [0, 0.1) is 11.8 Å². The lowest BCUT2D eigenvalue weighted by Gasteiger charge is -2.39. The summed E-state index contributed by atoms with van der Waals surface area (Å²) in [6.45, 7) is 2.05. The molecule has 10 heterocycles. The summed E-state index contributed by atoms with van der Waals surface area (Å²) in [6, 6.07) is 21.4. The van der Waals surface area contributed by atoms with Gasteiger partial charge in [0.2, 0.25) is 0 Å². The molecule has 2 N–H and O–H groups in total. The van der Waals surface area contributed by atoms with E-state index in [9.17, 15) is 0 Å². The van der Waals surface area contributed by atoms with Gasteiger partial charge in [0.05, 0.1) is 0 Å². The molecule has 73 heavy (non-hydrogen) atoms. The van der Waals surface area contributed by atoms with Crippen molar-refractivity contribution in [3.8, 4) is 0 Å². The van der Waals surface area contributed by atoms with E-state index in [1.54, 1.807) is 49.6 Å². The van der Waals surface area contributed by atoms with Crippen molar-refractivity contribution in [1.82, 2.24) is 59.0 Å². The van der Waals surface area contributed by atoms with E-state index in [1.165, 1.54) is 11.1 Å². The summed E-state index contributed by atoms with van der Waals surface area (Å²) < 4.78 is 20.1. The number of benzene rings is 2. The zero-order chi connectivity index (χ0) is 48.3. The monoisotopic (exact) mass is 984 g/mol. The molecule has 0 radical (unpaired) electrons. The smallest absolute Gasteiger partial charge is 0.361 e. The summed E-state index contributed by atoms with van der Waals surface area (Å²) in [6.07, 6.45) is 21.3. The van der Waals surface area contributed by atoms with Crippen LogP contribution in [0.25, 0.3) is 22.1 Å². The first-order valence-corrected chi connectivity index (χ1v) is 26.8. The number of amidine groups is 4. The molecule has 0 spiro atoms. The SMILES string of the molecule is c1ccc(CN[C@@H]2CCCC[C@@H]2CO[Si]2(OC[C@H]3CCCC[C@H]3NCc3ccccc3)n3c4c5nccnc5c3N=C3N=C(N=c5c6nccnc6c(n52)=NC2=NC(=N4)c4nccnc42)c2nccnc23)cc1. The fourth-order valence-corrected chi connectivity index (χ4v) is 14.6. The Balaban J connectivity index is 1.05. The lowest BCUT2D eigenvalue weighted by atomic mass is 9.85. The van der Waals surface area contributed by atoms with Crippen LogP contribution in [0.2, 0.25) is 0 Å². The maximum absolute atomic E-state index is 8.05. The quantitative estimate of drug-likeness (QED) is 0.149. The highest BCUT2D eigenvalue weighted by atomic mass is 28.4. The van der Waals surface area contributed by atoms with Gasteiger partial charge in [0.25, 0.3) is 0 Å². The summed E-state index contributed by atoms with van der Waals surface area (Å²) in [5, 5.41) is 7.89. The molecule has 0 saturated heterocycles. The van der Waals surface area contributed by atoms with Crippen molar-refractivity contribution in [2.45, 2.75) is 76.5 Å². The van der Waals surface area contributed by atoms with Crippen LogP contribution in [-0.4, -0.2) is 106 Å². The molecule has 14 rings (SSSR count). The Kier molecular flexibility index (Phi) is 11.0. The Labute approximate surface area is 418 Å². The Bertz CT molecular complexity index is 3490. The molecule has 2 saturated carbocycles. The Hall–Kier alpha value is -7.82. The third kappa shape index (κ3) is 7.64. The van der Waals surface area contributed by atoms with E-state index >= 15 is 0 Å². The summed E-state index contributed by atoms with van der Waals surface area (Å²) in [5.41, 5.74) is 6.75. The van der Waals surface area contributed by atoms with Crippen molar-refractivity contribution in [3.05, 3.63) is 155 Å². The number of rotatable bonds is 12. The molecular weight excluding hydrogens is 937 g/mol. The molecule has 8 aromatic rings. The van der Waals surface area contributed by atoms with Crippen LogP contribution in [0.4, 0.5) is 11.6 Å². The molecule has 21 heteroatoms. The normalized spacial score (nSPS) is 21.3. The van der Waals surface area contributed by atoms with Crippen molar-refractivity contribution >= 4 is 65.9 Å². The van der Waals surface area contributed by atoms with Gasteiger partial charge in [0.15, 0.2) is 46.0 Å². The maximum atomic E-state index is 8.05. The Morgan fingerprint density at radius 3 is 1.25 bits per heavy atom. The van der Waals surface area contributed by atoms with Gasteiger partial charge in [0.1, 0.15) is 44.8 Å². The predicted octanol–water partition coefficient (Wildman–Crippen LogP) is 5.26. The lowest BCUT2D eigenvalue weighted by molar-refractivity contribution is 0.0758. The Morgan fingerprint density at radius 1 is 0.425 bits per heavy atom. The van der Waals surface area contributed by atoms with Gasteiger partial charge in [-0.05, 0) is 48.6 Å².